The first kappa shape index (κ1) is 10.3. The zero-order valence-corrected chi connectivity index (χ0v) is 22.5. The van der Waals surface area contributed by atoms with Gasteiger partial charge in [-0.05, 0) is 49.4 Å². The third-order valence-corrected chi connectivity index (χ3v) is 7.19. The molecule has 0 saturated carbocycles. The predicted octanol–water partition coefficient (Wildman–Crippen LogP) is 12.6. The normalized spacial score (nSPS) is 20.0. The predicted molar refractivity (Wildman–Crippen MR) is 190 cm³/mol. The van der Waals surface area contributed by atoms with Crippen LogP contribution in [0.25, 0.3) is 88.0 Å². The Kier molecular flexibility index (Phi) is 2.38. The van der Waals surface area contributed by atoms with Gasteiger partial charge in [0, 0.05) is 27.5 Å². The molecule has 8 aromatic carbocycles. The number of para-hydroxylation sites is 2. The second-order valence-electron chi connectivity index (χ2n) is 9.59. The molecular weight excluding hydrogens is 544 g/mol. The van der Waals surface area contributed by atoms with E-state index >= 15 is 0 Å². The Balaban J connectivity index is 1.54. The summed E-state index contributed by atoms with van der Waals surface area (Å²) in [5, 5.41) is -3.38. The van der Waals surface area contributed by atoms with Gasteiger partial charge in [-0.25, -0.2) is 0 Å². The molecule has 0 amide bonds. The summed E-state index contributed by atoms with van der Waals surface area (Å²) in [5.74, 6) is 0. The number of benzene rings is 8. The first-order chi connectivity index (χ1) is 33.6. The van der Waals surface area contributed by atoms with Crippen molar-refractivity contribution in [2.24, 2.45) is 0 Å². The summed E-state index contributed by atoms with van der Waals surface area (Å²) in [4.78, 5) is 0. The third kappa shape index (κ3) is 4.09. The van der Waals surface area contributed by atoms with E-state index < -0.39 is 246 Å². The molecule has 0 unspecified atom stereocenters. The molecule has 0 saturated heterocycles. The standard InChI is InChI=1S/C44H28O/c1-3-13-29(14-4-1)30-25-27-31(28-26-30)33-21-11-22-38-39-23-12-24-40(44(39)45-43(33)38)42-36-19-9-7-17-34(36)41(32-15-5-2-6-16-32)35-18-8-10-20-37(35)42/h1-28H/i1D,2D,3D,4D,5D,6D,7D,8D,9D,10D,11D,12D,13D,14D,15D,16D,17D,18D,19D,20D,21D,22D,24D,25D,26D,27D,28D. The average Bonchev–Trinajstić information content (AvgIpc) is 3.72. The molecule has 1 heteroatoms. The van der Waals surface area contributed by atoms with Crippen LogP contribution in [0, 0.1) is 0 Å². The lowest BCUT2D eigenvalue weighted by molar-refractivity contribution is 0.671. The molecule has 1 aromatic heterocycles. The number of hydrogen-bond donors (Lipinski definition) is 0. The van der Waals surface area contributed by atoms with Gasteiger partial charge in [-0.2, -0.15) is 0 Å². The number of hydrogen-bond acceptors (Lipinski definition) is 1. The molecule has 1 nitrogen and oxygen atoms in total. The van der Waals surface area contributed by atoms with Crippen molar-refractivity contribution in [2.75, 3.05) is 0 Å². The highest BCUT2D eigenvalue weighted by Gasteiger charge is 2.21. The van der Waals surface area contributed by atoms with Gasteiger partial charge in [0.2, 0.25) is 0 Å². The second-order valence-corrected chi connectivity index (χ2v) is 9.59. The lowest BCUT2D eigenvalue weighted by Gasteiger charge is -2.17. The molecule has 0 aliphatic heterocycles. The molecule has 0 radical (unpaired) electrons. The van der Waals surface area contributed by atoms with Gasteiger partial charge in [0.05, 0.1) is 37.0 Å². The van der Waals surface area contributed by atoms with Crippen LogP contribution < -0.4 is 0 Å². The third-order valence-electron chi connectivity index (χ3n) is 7.19. The Morgan fingerprint density at radius 2 is 0.778 bits per heavy atom. The SMILES string of the molecule is [2H]c1cc2c(oc3c(-c4c([2H])c([2H])c(-c5c([2H])c([2H])c([2H])c([2H])c5[2H])c([2H])c4[2H])c([2H])c([2H])c([2H])c32)c(-c2c3c([2H])c([2H])c([2H])c([2H])c3c(-c3c([2H])c([2H])c([2H])c([2H])c3[2H])c3c([2H])c([2H])c([2H])c([2H])c23)c1[2H]. The Morgan fingerprint density at radius 1 is 0.311 bits per heavy atom. The van der Waals surface area contributed by atoms with Crippen LogP contribution in [0.1, 0.15) is 37.0 Å². The van der Waals surface area contributed by atoms with Crippen molar-refractivity contribution in [3.05, 3.63) is 169 Å². The lowest BCUT2D eigenvalue weighted by atomic mass is 9.85. The Labute approximate surface area is 299 Å². The summed E-state index contributed by atoms with van der Waals surface area (Å²) in [6, 6.07) is -23.2. The first-order valence-electron chi connectivity index (χ1n) is 26.7. The maximum atomic E-state index is 9.45. The summed E-state index contributed by atoms with van der Waals surface area (Å²) in [5.41, 5.74) is -6.69. The summed E-state index contributed by atoms with van der Waals surface area (Å²) in [6.45, 7) is 0. The fraction of sp³-hybridized carbons (Fsp3) is 0. The Morgan fingerprint density at radius 3 is 1.42 bits per heavy atom. The van der Waals surface area contributed by atoms with Crippen molar-refractivity contribution in [2.45, 2.75) is 0 Å². The smallest absolute Gasteiger partial charge is 0.143 e. The molecular formula is C44H28O. The molecule has 45 heavy (non-hydrogen) atoms. The molecule has 0 spiro atoms. The van der Waals surface area contributed by atoms with Gasteiger partial charge >= 0.3 is 0 Å². The van der Waals surface area contributed by atoms with Crippen LogP contribution in [-0.4, -0.2) is 0 Å². The van der Waals surface area contributed by atoms with E-state index in [2.05, 4.69) is 0 Å². The number of furan rings is 1. The van der Waals surface area contributed by atoms with Gasteiger partial charge in [-0.3, -0.25) is 0 Å². The van der Waals surface area contributed by atoms with Crippen molar-refractivity contribution in [3.63, 3.8) is 0 Å². The van der Waals surface area contributed by atoms with Crippen LogP contribution in [0.15, 0.2) is 174 Å². The van der Waals surface area contributed by atoms with Crippen LogP contribution in [0.3, 0.4) is 0 Å². The largest absolute Gasteiger partial charge is 0.455 e. The van der Waals surface area contributed by atoms with Gasteiger partial charge in [0.25, 0.3) is 0 Å². The number of fused-ring (bicyclic) bond motifs is 5. The Hall–Kier alpha value is -5.92. The van der Waals surface area contributed by atoms with Crippen LogP contribution in [-0.2, 0) is 0 Å². The zero-order valence-electron chi connectivity index (χ0n) is 49.5. The highest BCUT2D eigenvalue weighted by Crippen LogP contribution is 2.47. The van der Waals surface area contributed by atoms with Crippen molar-refractivity contribution in [1.29, 1.82) is 0 Å². The minimum atomic E-state index is -0.972. The van der Waals surface area contributed by atoms with E-state index in [4.69, 9.17) is 31.8 Å². The maximum Gasteiger partial charge on any atom is 0.143 e. The van der Waals surface area contributed by atoms with Gasteiger partial charge in [0.15, 0.2) is 0 Å². The molecule has 0 N–H and O–H groups in total. The Bertz CT molecular complexity index is 3890. The van der Waals surface area contributed by atoms with Crippen LogP contribution in [0.2, 0.25) is 0 Å². The van der Waals surface area contributed by atoms with Crippen LogP contribution >= 0.6 is 0 Å². The quantitative estimate of drug-likeness (QED) is 0.183. The van der Waals surface area contributed by atoms with E-state index in [1.165, 1.54) is 0 Å². The van der Waals surface area contributed by atoms with E-state index in [-0.39, 0.29) is 5.39 Å². The fourth-order valence-corrected chi connectivity index (χ4v) is 5.31. The van der Waals surface area contributed by atoms with Gasteiger partial charge in [0.1, 0.15) is 11.2 Å². The van der Waals surface area contributed by atoms with Crippen molar-refractivity contribution < 1.29 is 41.4 Å². The monoisotopic (exact) mass is 599 g/mol. The van der Waals surface area contributed by atoms with Crippen LogP contribution in [0.4, 0.5) is 0 Å². The molecule has 1 heterocycles. The highest BCUT2D eigenvalue weighted by molar-refractivity contribution is 6.24. The highest BCUT2D eigenvalue weighted by atomic mass is 16.3. The number of rotatable bonds is 4. The fourth-order valence-electron chi connectivity index (χ4n) is 5.31. The van der Waals surface area contributed by atoms with E-state index in [9.17, 15) is 9.60 Å². The van der Waals surface area contributed by atoms with Crippen molar-refractivity contribution in [1.82, 2.24) is 0 Å². The van der Waals surface area contributed by atoms with Crippen molar-refractivity contribution in [3.8, 4) is 44.5 Å². The summed E-state index contributed by atoms with van der Waals surface area (Å²) in [6.07, 6.45) is 0. The molecule has 210 valence electrons. The first-order valence-corrected chi connectivity index (χ1v) is 13.2. The van der Waals surface area contributed by atoms with Crippen LogP contribution in [0.5, 0.6) is 0 Å². The van der Waals surface area contributed by atoms with Gasteiger partial charge < -0.3 is 4.42 Å². The summed E-state index contributed by atoms with van der Waals surface area (Å²) < 4.78 is 245. The molecule has 9 rings (SSSR count). The van der Waals surface area contributed by atoms with E-state index in [0.717, 1.165) is 6.07 Å². The lowest BCUT2D eigenvalue weighted by Crippen LogP contribution is -1.90. The summed E-state index contributed by atoms with van der Waals surface area (Å²) >= 11 is 0. The minimum absolute atomic E-state index is 0.329. The zero-order chi connectivity index (χ0) is 53.2. The molecule has 9 aromatic rings. The van der Waals surface area contributed by atoms with Crippen molar-refractivity contribution >= 4 is 43.5 Å². The average molecular weight is 600 g/mol. The maximum absolute atomic E-state index is 9.45. The molecule has 0 aliphatic rings. The molecule has 0 aliphatic carbocycles. The summed E-state index contributed by atoms with van der Waals surface area (Å²) in [7, 11) is 0. The van der Waals surface area contributed by atoms with E-state index in [1.807, 2.05) is 0 Å². The minimum Gasteiger partial charge on any atom is -0.455 e. The molecule has 0 fully saturated rings. The van der Waals surface area contributed by atoms with Gasteiger partial charge in [-0.15, -0.1) is 0 Å². The van der Waals surface area contributed by atoms with E-state index in [0.29, 0.717) is 0 Å². The van der Waals surface area contributed by atoms with E-state index in [1.54, 1.807) is 0 Å². The second kappa shape index (κ2) is 10.4. The molecule has 0 atom stereocenters. The topological polar surface area (TPSA) is 13.1 Å². The van der Waals surface area contributed by atoms with Gasteiger partial charge in [-0.1, -0.05) is 169 Å². The molecule has 0 bridgehead atoms.